The van der Waals surface area contributed by atoms with Gasteiger partial charge in [-0.3, -0.25) is 4.79 Å². The minimum Gasteiger partial charge on any atom is -0.346 e. The molecule has 0 saturated carbocycles. The highest BCUT2D eigenvalue weighted by Gasteiger charge is 2.24. The Morgan fingerprint density at radius 2 is 2.28 bits per heavy atom. The van der Waals surface area contributed by atoms with Gasteiger partial charge in [-0.25, -0.2) is 0 Å². The summed E-state index contributed by atoms with van der Waals surface area (Å²) in [6.45, 7) is 4.21. The van der Waals surface area contributed by atoms with Crippen molar-refractivity contribution in [1.82, 2.24) is 5.32 Å². The van der Waals surface area contributed by atoms with E-state index in [1.165, 1.54) is 9.40 Å². The zero-order valence-electron chi connectivity index (χ0n) is 10.5. The molecule has 0 saturated heterocycles. The van der Waals surface area contributed by atoms with Gasteiger partial charge in [-0.1, -0.05) is 22.9 Å². The molecule has 1 amide bonds. The molecule has 0 aliphatic heterocycles. The Morgan fingerprint density at radius 1 is 1.50 bits per heavy atom. The molecular weight excluding hydrogens is 330 g/mol. The van der Waals surface area contributed by atoms with E-state index >= 15 is 0 Å². The lowest BCUT2D eigenvalue weighted by Crippen LogP contribution is -2.45. The standard InChI is InChI=1S/C13H16BrNOS2/c1-3-13(2,5-6-14)15-12(16)11-8-10-9(18-11)4-7-17-10/h4,7-8H,3,5-6H2,1-2H3,(H,15,16). The molecule has 5 heteroatoms. The number of carbonyl (C=O) groups excluding carboxylic acids is 1. The lowest BCUT2D eigenvalue weighted by atomic mass is 9.95. The van der Waals surface area contributed by atoms with Crippen molar-refractivity contribution in [1.29, 1.82) is 0 Å². The molecule has 1 atom stereocenters. The quantitative estimate of drug-likeness (QED) is 0.785. The van der Waals surface area contributed by atoms with Gasteiger partial charge in [-0.2, -0.15) is 0 Å². The lowest BCUT2D eigenvalue weighted by molar-refractivity contribution is 0.0906. The second kappa shape index (κ2) is 5.72. The van der Waals surface area contributed by atoms with Crippen LogP contribution >= 0.6 is 38.6 Å². The number of alkyl halides is 1. The molecule has 0 aliphatic carbocycles. The molecule has 0 aliphatic rings. The Labute approximate surface area is 124 Å². The Bertz CT molecular complexity index is 519. The van der Waals surface area contributed by atoms with Gasteiger partial charge in [0.1, 0.15) is 0 Å². The number of hydrogen-bond donors (Lipinski definition) is 1. The van der Waals surface area contributed by atoms with E-state index in [-0.39, 0.29) is 11.4 Å². The Balaban J connectivity index is 2.14. The third-order valence-corrected chi connectivity index (χ3v) is 5.69. The van der Waals surface area contributed by atoms with E-state index in [1.54, 1.807) is 22.7 Å². The van der Waals surface area contributed by atoms with Crippen molar-refractivity contribution in [3.05, 3.63) is 22.4 Å². The predicted molar refractivity (Wildman–Crippen MR) is 84.3 cm³/mol. The average Bonchev–Trinajstić information content (AvgIpc) is 2.89. The average molecular weight is 346 g/mol. The van der Waals surface area contributed by atoms with E-state index in [4.69, 9.17) is 0 Å². The number of rotatable bonds is 5. The van der Waals surface area contributed by atoms with Crippen molar-refractivity contribution in [3.63, 3.8) is 0 Å². The number of hydrogen-bond acceptors (Lipinski definition) is 3. The Kier molecular flexibility index (Phi) is 4.45. The van der Waals surface area contributed by atoms with E-state index in [1.807, 2.05) is 6.07 Å². The summed E-state index contributed by atoms with van der Waals surface area (Å²) in [7, 11) is 0. The van der Waals surface area contributed by atoms with Gasteiger partial charge < -0.3 is 5.32 Å². The van der Waals surface area contributed by atoms with Gasteiger partial charge in [0.15, 0.2) is 0 Å². The first kappa shape index (κ1) is 14.0. The highest BCUT2D eigenvalue weighted by atomic mass is 79.9. The number of nitrogens with one attached hydrogen (secondary N) is 1. The lowest BCUT2D eigenvalue weighted by Gasteiger charge is -2.28. The topological polar surface area (TPSA) is 29.1 Å². The van der Waals surface area contributed by atoms with Gasteiger partial charge in [0.25, 0.3) is 5.91 Å². The van der Waals surface area contributed by atoms with Crippen LogP contribution in [0.5, 0.6) is 0 Å². The second-order valence-electron chi connectivity index (χ2n) is 4.57. The number of thiophene rings is 2. The van der Waals surface area contributed by atoms with Gasteiger partial charge in [0.2, 0.25) is 0 Å². The maximum atomic E-state index is 12.3. The molecule has 2 heterocycles. The maximum absolute atomic E-state index is 12.3. The Hall–Kier alpha value is -0.390. The maximum Gasteiger partial charge on any atom is 0.261 e. The molecule has 0 spiro atoms. The van der Waals surface area contributed by atoms with Crippen molar-refractivity contribution in [2.45, 2.75) is 32.2 Å². The molecule has 2 rings (SSSR count). The van der Waals surface area contributed by atoms with E-state index in [2.05, 4.69) is 46.5 Å². The van der Waals surface area contributed by atoms with Crippen LogP contribution in [0.2, 0.25) is 0 Å². The van der Waals surface area contributed by atoms with Gasteiger partial charge in [0, 0.05) is 20.3 Å². The van der Waals surface area contributed by atoms with Crippen LogP contribution in [0.15, 0.2) is 17.5 Å². The molecule has 0 bridgehead atoms. The number of fused-ring (bicyclic) bond motifs is 1. The molecule has 18 heavy (non-hydrogen) atoms. The summed E-state index contributed by atoms with van der Waals surface area (Å²) in [6.07, 6.45) is 1.87. The number of carbonyl (C=O) groups is 1. The first-order valence-corrected chi connectivity index (χ1v) is 8.75. The zero-order valence-corrected chi connectivity index (χ0v) is 13.7. The van der Waals surface area contributed by atoms with E-state index in [0.29, 0.717) is 0 Å². The van der Waals surface area contributed by atoms with Gasteiger partial charge >= 0.3 is 0 Å². The van der Waals surface area contributed by atoms with Crippen LogP contribution in [0, 0.1) is 0 Å². The summed E-state index contributed by atoms with van der Waals surface area (Å²) in [5.74, 6) is 0.0497. The zero-order chi connectivity index (χ0) is 13.2. The fraction of sp³-hybridized carbons (Fsp3) is 0.462. The van der Waals surface area contributed by atoms with Crippen LogP contribution in [-0.4, -0.2) is 16.8 Å². The van der Waals surface area contributed by atoms with Gasteiger partial charge in [-0.05, 0) is 37.3 Å². The van der Waals surface area contributed by atoms with E-state index in [0.717, 1.165) is 23.0 Å². The van der Waals surface area contributed by atoms with Crippen LogP contribution in [0.25, 0.3) is 9.40 Å². The first-order chi connectivity index (χ1) is 8.58. The normalized spacial score (nSPS) is 14.6. The molecule has 1 N–H and O–H groups in total. The molecule has 2 aromatic heterocycles. The fourth-order valence-corrected chi connectivity index (χ4v) is 4.63. The van der Waals surface area contributed by atoms with E-state index in [9.17, 15) is 4.79 Å². The highest BCUT2D eigenvalue weighted by Crippen LogP contribution is 2.30. The van der Waals surface area contributed by atoms with Crippen molar-refractivity contribution in [3.8, 4) is 0 Å². The third-order valence-electron chi connectivity index (χ3n) is 3.21. The molecule has 2 nitrogen and oxygen atoms in total. The first-order valence-electron chi connectivity index (χ1n) is 5.93. The van der Waals surface area contributed by atoms with Crippen LogP contribution < -0.4 is 5.32 Å². The summed E-state index contributed by atoms with van der Waals surface area (Å²) in [4.78, 5) is 13.1. The minimum atomic E-state index is -0.127. The van der Waals surface area contributed by atoms with Crippen molar-refractivity contribution in [2.75, 3.05) is 5.33 Å². The molecule has 98 valence electrons. The predicted octanol–water partition coefficient (Wildman–Crippen LogP) is 4.65. The minimum absolute atomic E-state index is 0.0497. The van der Waals surface area contributed by atoms with E-state index < -0.39 is 0 Å². The van der Waals surface area contributed by atoms with Crippen molar-refractivity contribution < 1.29 is 4.79 Å². The fourth-order valence-electron chi connectivity index (χ4n) is 1.75. The molecule has 0 aromatic carbocycles. The molecule has 2 aromatic rings. The Morgan fingerprint density at radius 3 is 2.89 bits per heavy atom. The molecule has 1 unspecified atom stereocenters. The van der Waals surface area contributed by atoms with Crippen LogP contribution in [0.1, 0.15) is 36.4 Å². The third kappa shape index (κ3) is 2.95. The summed E-state index contributed by atoms with van der Waals surface area (Å²) >= 11 is 6.70. The summed E-state index contributed by atoms with van der Waals surface area (Å²) in [5.41, 5.74) is -0.127. The van der Waals surface area contributed by atoms with Crippen LogP contribution in [0.4, 0.5) is 0 Å². The summed E-state index contributed by atoms with van der Waals surface area (Å²) < 4.78 is 2.40. The van der Waals surface area contributed by atoms with Gasteiger partial charge in [0.05, 0.1) is 4.88 Å². The molecular formula is C13H16BrNOS2. The smallest absolute Gasteiger partial charge is 0.261 e. The number of amides is 1. The summed E-state index contributed by atoms with van der Waals surface area (Å²) in [6, 6.07) is 4.06. The molecule has 0 radical (unpaired) electrons. The second-order valence-corrected chi connectivity index (χ2v) is 7.39. The van der Waals surface area contributed by atoms with Crippen LogP contribution in [0.3, 0.4) is 0 Å². The summed E-state index contributed by atoms with van der Waals surface area (Å²) in [5, 5.41) is 6.12. The SMILES string of the molecule is CCC(C)(CCBr)NC(=O)c1cc2sccc2s1. The molecule has 0 fully saturated rings. The van der Waals surface area contributed by atoms with Crippen molar-refractivity contribution >= 4 is 53.9 Å². The monoisotopic (exact) mass is 345 g/mol. The highest BCUT2D eigenvalue weighted by molar-refractivity contribution is 9.09. The number of halogens is 1. The van der Waals surface area contributed by atoms with Crippen LogP contribution in [-0.2, 0) is 0 Å². The largest absolute Gasteiger partial charge is 0.346 e. The van der Waals surface area contributed by atoms with Crippen molar-refractivity contribution in [2.24, 2.45) is 0 Å². The van der Waals surface area contributed by atoms with Gasteiger partial charge in [-0.15, -0.1) is 22.7 Å².